The molecule has 0 aromatic heterocycles. The van der Waals surface area contributed by atoms with Gasteiger partial charge in [-0.15, -0.1) is 0 Å². The van der Waals surface area contributed by atoms with Gasteiger partial charge in [-0.2, -0.15) is 0 Å². The van der Waals surface area contributed by atoms with Gasteiger partial charge in [0.25, 0.3) is 0 Å². The molecule has 0 aliphatic heterocycles. The summed E-state index contributed by atoms with van der Waals surface area (Å²) in [7, 11) is 0. The lowest BCUT2D eigenvalue weighted by atomic mass is 9.97. The highest BCUT2D eigenvalue weighted by Crippen LogP contribution is 2.13. The fraction of sp³-hybridized carbons (Fsp3) is 0.571. The van der Waals surface area contributed by atoms with Crippen molar-refractivity contribution in [3.05, 3.63) is 35.9 Å². The van der Waals surface area contributed by atoms with Gasteiger partial charge in [0, 0.05) is 6.54 Å². The molecule has 90 valence electrons. The predicted octanol–water partition coefficient (Wildman–Crippen LogP) is 2.37. The molecule has 2 N–H and O–H groups in total. The summed E-state index contributed by atoms with van der Waals surface area (Å²) in [6.07, 6.45) is 2.92. The van der Waals surface area contributed by atoms with E-state index in [2.05, 4.69) is 36.5 Å². The van der Waals surface area contributed by atoms with Crippen molar-refractivity contribution in [3.8, 4) is 0 Å². The summed E-state index contributed by atoms with van der Waals surface area (Å²) < 4.78 is 0. The minimum atomic E-state index is -0.579. The van der Waals surface area contributed by atoms with Gasteiger partial charge in [-0.1, -0.05) is 37.3 Å². The molecule has 0 aliphatic carbocycles. The van der Waals surface area contributed by atoms with Crippen molar-refractivity contribution in [2.24, 2.45) is 0 Å². The fourth-order valence-electron chi connectivity index (χ4n) is 1.80. The van der Waals surface area contributed by atoms with Gasteiger partial charge in [-0.3, -0.25) is 0 Å². The highest BCUT2D eigenvalue weighted by Gasteiger charge is 2.18. The average molecular weight is 221 g/mol. The van der Waals surface area contributed by atoms with Crippen molar-refractivity contribution in [2.45, 2.75) is 38.7 Å². The molecule has 1 unspecified atom stereocenters. The van der Waals surface area contributed by atoms with Crippen LogP contribution < -0.4 is 5.32 Å². The molecule has 0 radical (unpaired) electrons. The van der Waals surface area contributed by atoms with E-state index in [0.717, 1.165) is 25.8 Å². The number of aryl methyl sites for hydroxylation is 1. The van der Waals surface area contributed by atoms with Crippen LogP contribution in [0.25, 0.3) is 0 Å². The molecule has 2 nitrogen and oxygen atoms in total. The lowest BCUT2D eigenvalue weighted by molar-refractivity contribution is 0.0494. The molecule has 1 rings (SSSR count). The van der Waals surface area contributed by atoms with E-state index in [1.165, 1.54) is 5.56 Å². The van der Waals surface area contributed by atoms with Gasteiger partial charge in [0.15, 0.2) is 0 Å². The molecule has 0 amide bonds. The Morgan fingerprint density at radius 1 is 1.25 bits per heavy atom. The van der Waals surface area contributed by atoms with E-state index >= 15 is 0 Å². The molecule has 0 spiro atoms. The molecule has 0 aliphatic rings. The maximum atomic E-state index is 10.1. The molecule has 1 atom stereocenters. The number of rotatable bonds is 7. The normalized spacial score (nSPS) is 14.7. The topological polar surface area (TPSA) is 32.3 Å². The van der Waals surface area contributed by atoms with Crippen molar-refractivity contribution in [2.75, 3.05) is 13.1 Å². The summed E-state index contributed by atoms with van der Waals surface area (Å²) in [6, 6.07) is 10.4. The summed E-state index contributed by atoms with van der Waals surface area (Å²) in [5.41, 5.74) is 0.770. The second kappa shape index (κ2) is 6.66. The molecule has 0 saturated carbocycles. The number of nitrogens with one attached hydrogen (secondary N) is 1. The smallest absolute Gasteiger partial charge is 0.0743 e. The zero-order valence-corrected chi connectivity index (χ0v) is 10.4. The van der Waals surface area contributed by atoms with Crippen molar-refractivity contribution < 1.29 is 5.11 Å². The fourth-order valence-corrected chi connectivity index (χ4v) is 1.80. The van der Waals surface area contributed by atoms with Crippen LogP contribution in [-0.4, -0.2) is 23.8 Å². The predicted molar refractivity (Wildman–Crippen MR) is 68.5 cm³/mol. The van der Waals surface area contributed by atoms with Gasteiger partial charge in [0.1, 0.15) is 0 Å². The summed E-state index contributed by atoms with van der Waals surface area (Å²) in [5.74, 6) is 0. The van der Waals surface area contributed by atoms with Crippen LogP contribution in [0.3, 0.4) is 0 Å². The Labute approximate surface area is 98.7 Å². The SMILES string of the molecule is CCNCC(C)(O)CCCc1ccccc1. The van der Waals surface area contributed by atoms with Gasteiger partial charge in [0.05, 0.1) is 5.60 Å². The van der Waals surface area contributed by atoms with Gasteiger partial charge < -0.3 is 10.4 Å². The zero-order valence-electron chi connectivity index (χ0n) is 10.4. The molecule has 2 heteroatoms. The van der Waals surface area contributed by atoms with E-state index in [1.54, 1.807) is 0 Å². The maximum Gasteiger partial charge on any atom is 0.0743 e. The Balaban J connectivity index is 2.24. The van der Waals surface area contributed by atoms with Crippen molar-refractivity contribution >= 4 is 0 Å². The van der Waals surface area contributed by atoms with Crippen LogP contribution in [-0.2, 0) is 6.42 Å². The first-order valence-electron chi connectivity index (χ1n) is 6.11. The molecule has 0 saturated heterocycles. The molecular weight excluding hydrogens is 198 g/mol. The third kappa shape index (κ3) is 5.29. The Hall–Kier alpha value is -0.860. The van der Waals surface area contributed by atoms with E-state index in [9.17, 15) is 5.11 Å². The summed E-state index contributed by atoms with van der Waals surface area (Å²) in [5, 5.41) is 13.2. The monoisotopic (exact) mass is 221 g/mol. The van der Waals surface area contributed by atoms with Crippen molar-refractivity contribution in [1.82, 2.24) is 5.32 Å². The average Bonchev–Trinajstić information content (AvgIpc) is 2.28. The van der Waals surface area contributed by atoms with Crippen molar-refractivity contribution in [1.29, 1.82) is 0 Å². The van der Waals surface area contributed by atoms with E-state index in [4.69, 9.17) is 0 Å². The highest BCUT2D eigenvalue weighted by molar-refractivity contribution is 5.14. The molecule has 1 aromatic carbocycles. The first-order chi connectivity index (χ1) is 7.64. The first-order valence-corrected chi connectivity index (χ1v) is 6.11. The van der Waals surface area contributed by atoms with Crippen LogP contribution in [0.1, 0.15) is 32.3 Å². The minimum Gasteiger partial charge on any atom is -0.389 e. The van der Waals surface area contributed by atoms with E-state index in [0.29, 0.717) is 6.54 Å². The van der Waals surface area contributed by atoms with E-state index < -0.39 is 5.60 Å². The first kappa shape index (κ1) is 13.2. The van der Waals surface area contributed by atoms with Crippen LogP contribution in [0.4, 0.5) is 0 Å². The van der Waals surface area contributed by atoms with Crippen LogP contribution in [0.15, 0.2) is 30.3 Å². The van der Waals surface area contributed by atoms with Gasteiger partial charge in [-0.25, -0.2) is 0 Å². The lowest BCUT2D eigenvalue weighted by Crippen LogP contribution is -2.37. The standard InChI is InChI=1S/C14H23NO/c1-3-15-12-14(2,16)11-7-10-13-8-5-4-6-9-13/h4-6,8-9,15-16H,3,7,10-12H2,1-2H3. The van der Waals surface area contributed by atoms with Crippen LogP contribution >= 0.6 is 0 Å². The van der Waals surface area contributed by atoms with Gasteiger partial charge in [0.2, 0.25) is 0 Å². The number of hydrogen-bond acceptors (Lipinski definition) is 2. The van der Waals surface area contributed by atoms with Crippen LogP contribution in [0, 0.1) is 0 Å². The van der Waals surface area contributed by atoms with Gasteiger partial charge >= 0.3 is 0 Å². The minimum absolute atomic E-state index is 0.579. The van der Waals surface area contributed by atoms with E-state index in [1.807, 2.05) is 13.0 Å². The summed E-state index contributed by atoms with van der Waals surface area (Å²) in [6.45, 7) is 5.55. The zero-order chi connectivity index (χ0) is 11.9. The molecule has 0 heterocycles. The molecule has 16 heavy (non-hydrogen) atoms. The quantitative estimate of drug-likeness (QED) is 0.741. The molecular formula is C14H23NO. The third-order valence-electron chi connectivity index (χ3n) is 2.78. The number of likely N-dealkylation sites (N-methyl/N-ethyl adjacent to an activating group) is 1. The van der Waals surface area contributed by atoms with Crippen LogP contribution in [0.5, 0.6) is 0 Å². The van der Waals surface area contributed by atoms with Gasteiger partial charge in [-0.05, 0) is 38.3 Å². The second-order valence-electron chi connectivity index (χ2n) is 4.62. The highest BCUT2D eigenvalue weighted by atomic mass is 16.3. The maximum absolute atomic E-state index is 10.1. The second-order valence-corrected chi connectivity index (χ2v) is 4.62. The van der Waals surface area contributed by atoms with Crippen LogP contribution in [0.2, 0.25) is 0 Å². The summed E-state index contributed by atoms with van der Waals surface area (Å²) in [4.78, 5) is 0. The lowest BCUT2D eigenvalue weighted by Gasteiger charge is -2.23. The molecule has 0 fully saturated rings. The number of benzene rings is 1. The summed E-state index contributed by atoms with van der Waals surface area (Å²) >= 11 is 0. The largest absolute Gasteiger partial charge is 0.389 e. The Morgan fingerprint density at radius 3 is 2.56 bits per heavy atom. The Kier molecular flexibility index (Phi) is 5.50. The number of hydrogen-bond donors (Lipinski definition) is 2. The number of aliphatic hydroxyl groups is 1. The van der Waals surface area contributed by atoms with Crippen molar-refractivity contribution in [3.63, 3.8) is 0 Å². The molecule has 0 bridgehead atoms. The Bertz CT molecular complexity index is 282. The van der Waals surface area contributed by atoms with E-state index in [-0.39, 0.29) is 0 Å². The molecule has 1 aromatic rings. The third-order valence-corrected chi connectivity index (χ3v) is 2.78. The Morgan fingerprint density at radius 2 is 1.94 bits per heavy atom.